The van der Waals surface area contributed by atoms with E-state index in [0.717, 1.165) is 6.42 Å². The molecule has 0 radical (unpaired) electrons. The van der Waals surface area contributed by atoms with Gasteiger partial charge in [-0.25, -0.2) is 0 Å². The molecule has 16 heavy (non-hydrogen) atoms. The summed E-state index contributed by atoms with van der Waals surface area (Å²) in [5.74, 6) is 0. The number of benzene rings is 1. The summed E-state index contributed by atoms with van der Waals surface area (Å²) in [6.07, 6.45) is 6.39. The largest absolute Gasteiger partial charge is 0.0741 e. The summed E-state index contributed by atoms with van der Waals surface area (Å²) in [6.45, 7) is 6.82. The van der Waals surface area contributed by atoms with E-state index in [4.69, 9.17) is 0 Å². The quantitative estimate of drug-likeness (QED) is 0.456. The second-order valence-electron chi connectivity index (χ2n) is 4.68. The van der Waals surface area contributed by atoms with Gasteiger partial charge in [-0.15, -0.1) is 0 Å². The van der Waals surface area contributed by atoms with Crippen LogP contribution in [-0.4, -0.2) is 0 Å². The van der Waals surface area contributed by atoms with Crippen molar-refractivity contribution in [3.63, 3.8) is 0 Å². The van der Waals surface area contributed by atoms with Gasteiger partial charge in [0.2, 0.25) is 0 Å². The predicted octanol–water partition coefficient (Wildman–Crippen LogP) is 5.15. The van der Waals surface area contributed by atoms with Crippen molar-refractivity contribution in [1.29, 1.82) is 0 Å². The summed E-state index contributed by atoms with van der Waals surface area (Å²) in [4.78, 5) is 0. The molecule has 1 rings (SSSR count). The van der Waals surface area contributed by atoms with Gasteiger partial charge in [0.15, 0.2) is 0 Å². The summed E-state index contributed by atoms with van der Waals surface area (Å²) in [7, 11) is 0. The van der Waals surface area contributed by atoms with Gasteiger partial charge in [-0.1, -0.05) is 61.2 Å². The zero-order valence-corrected chi connectivity index (χ0v) is 10.9. The van der Waals surface area contributed by atoms with E-state index in [2.05, 4.69) is 51.1 Å². The molecule has 0 bridgehead atoms. The first-order chi connectivity index (χ1) is 7.74. The molecule has 0 aromatic heterocycles. The lowest BCUT2D eigenvalue weighted by Gasteiger charge is -2.08. The Morgan fingerprint density at radius 2 is 1.62 bits per heavy atom. The van der Waals surface area contributed by atoms with Crippen molar-refractivity contribution >= 4 is 0 Å². The van der Waals surface area contributed by atoms with Crippen molar-refractivity contribution in [2.75, 3.05) is 0 Å². The van der Waals surface area contributed by atoms with E-state index in [0.29, 0.717) is 0 Å². The minimum atomic E-state index is 1.11. The number of hydrogen-bond acceptors (Lipinski definition) is 0. The van der Waals surface area contributed by atoms with Crippen LogP contribution in [0.4, 0.5) is 0 Å². The number of allylic oxidation sites excluding steroid dienone is 2. The van der Waals surface area contributed by atoms with E-state index < -0.39 is 0 Å². The Morgan fingerprint density at radius 3 is 2.25 bits per heavy atom. The van der Waals surface area contributed by atoms with Gasteiger partial charge in [0.1, 0.15) is 0 Å². The maximum atomic E-state index is 2.29. The normalized spacial score (nSPS) is 12.4. The fourth-order valence-corrected chi connectivity index (χ4v) is 1.91. The Hall–Kier alpha value is -1.04. The van der Waals surface area contributed by atoms with Gasteiger partial charge in [0.25, 0.3) is 0 Å². The maximum absolute atomic E-state index is 2.29. The predicted molar refractivity (Wildman–Crippen MR) is 72.7 cm³/mol. The fraction of sp³-hybridized carbons (Fsp3) is 0.500. The van der Waals surface area contributed by atoms with Crippen molar-refractivity contribution in [3.8, 4) is 0 Å². The highest BCUT2D eigenvalue weighted by atomic mass is 14.0. The van der Waals surface area contributed by atoms with Crippen molar-refractivity contribution in [1.82, 2.24) is 0 Å². The second kappa shape index (κ2) is 7.27. The monoisotopic (exact) mass is 216 g/mol. The Kier molecular flexibility index (Phi) is 5.92. The molecule has 0 heteroatoms. The van der Waals surface area contributed by atoms with Gasteiger partial charge in [-0.3, -0.25) is 0 Å². The van der Waals surface area contributed by atoms with E-state index in [1.165, 1.54) is 31.2 Å². The maximum Gasteiger partial charge on any atom is -0.00673 e. The molecule has 0 aliphatic rings. The molecule has 1 aromatic rings. The third-order valence-electron chi connectivity index (χ3n) is 3.20. The van der Waals surface area contributed by atoms with E-state index in [9.17, 15) is 0 Å². The molecule has 0 fully saturated rings. The van der Waals surface area contributed by atoms with Crippen molar-refractivity contribution < 1.29 is 0 Å². The molecule has 0 saturated heterocycles. The van der Waals surface area contributed by atoms with E-state index >= 15 is 0 Å². The van der Waals surface area contributed by atoms with Crippen LogP contribution in [-0.2, 0) is 6.42 Å². The van der Waals surface area contributed by atoms with Gasteiger partial charge in [-0.2, -0.15) is 0 Å². The lowest BCUT2D eigenvalue weighted by atomic mass is 9.98. The molecule has 0 nitrogen and oxygen atoms in total. The summed E-state index contributed by atoms with van der Waals surface area (Å²) in [6, 6.07) is 10.7. The van der Waals surface area contributed by atoms with Crippen molar-refractivity contribution in [3.05, 3.63) is 47.0 Å². The van der Waals surface area contributed by atoms with Gasteiger partial charge < -0.3 is 0 Å². The van der Waals surface area contributed by atoms with Gasteiger partial charge >= 0.3 is 0 Å². The third kappa shape index (κ3) is 4.65. The van der Waals surface area contributed by atoms with Crippen LogP contribution in [0.3, 0.4) is 0 Å². The molecule has 0 amide bonds. The molecule has 0 unspecified atom stereocenters. The summed E-state index contributed by atoms with van der Waals surface area (Å²) < 4.78 is 0. The van der Waals surface area contributed by atoms with Crippen LogP contribution in [0, 0.1) is 0 Å². The van der Waals surface area contributed by atoms with Crippen LogP contribution in [0.1, 0.15) is 52.0 Å². The highest BCUT2D eigenvalue weighted by molar-refractivity contribution is 5.23. The summed E-state index contributed by atoms with van der Waals surface area (Å²) in [5, 5.41) is 0. The molecule has 88 valence electrons. The van der Waals surface area contributed by atoms with Crippen LogP contribution >= 0.6 is 0 Å². The first-order valence-electron chi connectivity index (χ1n) is 6.43. The van der Waals surface area contributed by atoms with E-state index in [1.54, 1.807) is 11.1 Å². The minimum Gasteiger partial charge on any atom is -0.0741 e. The van der Waals surface area contributed by atoms with Crippen LogP contribution in [0.15, 0.2) is 41.5 Å². The van der Waals surface area contributed by atoms with Crippen LogP contribution in [0.2, 0.25) is 0 Å². The molecule has 0 saturated carbocycles. The van der Waals surface area contributed by atoms with Crippen molar-refractivity contribution in [2.45, 2.75) is 52.9 Å². The number of rotatable bonds is 6. The molecule has 1 aromatic carbocycles. The van der Waals surface area contributed by atoms with Crippen LogP contribution in [0.5, 0.6) is 0 Å². The number of unbranched alkanes of at least 4 members (excludes halogenated alkanes) is 2. The van der Waals surface area contributed by atoms with E-state index in [1.807, 2.05) is 0 Å². The average Bonchev–Trinajstić information content (AvgIpc) is 2.30. The molecule has 0 heterocycles. The standard InChI is InChI=1S/C16H24/c1-4-5-7-10-14(2)15(3)13-16-11-8-6-9-12-16/h6,8-9,11-12H,4-5,7,10,13H2,1-3H3/b15-14+. The van der Waals surface area contributed by atoms with Gasteiger partial charge in [0.05, 0.1) is 0 Å². The smallest absolute Gasteiger partial charge is 0.00673 e. The third-order valence-corrected chi connectivity index (χ3v) is 3.20. The van der Waals surface area contributed by atoms with E-state index in [-0.39, 0.29) is 0 Å². The van der Waals surface area contributed by atoms with Gasteiger partial charge in [-0.05, 0) is 38.7 Å². The molecule has 0 N–H and O–H groups in total. The molecule has 0 atom stereocenters. The summed E-state index contributed by atoms with van der Waals surface area (Å²) in [5.41, 5.74) is 4.55. The SMILES string of the molecule is CCCCC/C(C)=C(\C)Cc1ccccc1. The Bertz CT molecular complexity index is 319. The second-order valence-corrected chi connectivity index (χ2v) is 4.68. The first kappa shape index (κ1) is 13.0. The molecular formula is C16H24. The lowest BCUT2D eigenvalue weighted by Crippen LogP contribution is -1.91. The molecule has 0 aliphatic carbocycles. The summed E-state index contributed by atoms with van der Waals surface area (Å²) >= 11 is 0. The molecule has 0 spiro atoms. The average molecular weight is 216 g/mol. The zero-order valence-electron chi connectivity index (χ0n) is 10.9. The Morgan fingerprint density at radius 1 is 0.938 bits per heavy atom. The van der Waals surface area contributed by atoms with Crippen LogP contribution in [0.25, 0.3) is 0 Å². The topological polar surface area (TPSA) is 0 Å². The Balaban J connectivity index is 2.49. The lowest BCUT2D eigenvalue weighted by molar-refractivity contribution is 0.708. The first-order valence-corrected chi connectivity index (χ1v) is 6.43. The minimum absolute atomic E-state index is 1.11. The zero-order chi connectivity index (χ0) is 11.8. The van der Waals surface area contributed by atoms with Gasteiger partial charge in [0, 0.05) is 0 Å². The molecule has 0 aliphatic heterocycles. The Labute approximate surface area is 100 Å². The van der Waals surface area contributed by atoms with Crippen LogP contribution < -0.4 is 0 Å². The molecular weight excluding hydrogens is 192 g/mol. The highest BCUT2D eigenvalue weighted by Gasteiger charge is 1.99. The highest BCUT2D eigenvalue weighted by Crippen LogP contribution is 2.16. The number of hydrogen-bond donors (Lipinski definition) is 0. The van der Waals surface area contributed by atoms with Crippen molar-refractivity contribution in [2.24, 2.45) is 0 Å². The fourth-order valence-electron chi connectivity index (χ4n) is 1.91.